The molecular weight excluding hydrogens is 282 g/mol. The van der Waals surface area contributed by atoms with Crippen LogP contribution in [0.4, 0.5) is 5.69 Å². The Hall–Kier alpha value is -1.30. The number of hydrogen-bond donors (Lipinski definition) is 1. The fourth-order valence-electron chi connectivity index (χ4n) is 1.86. The first-order chi connectivity index (χ1) is 7.91. The summed E-state index contributed by atoms with van der Waals surface area (Å²) in [6, 6.07) is 0. The van der Waals surface area contributed by atoms with E-state index in [9.17, 15) is 0 Å². The maximum Gasteiger partial charge on any atom is 0.0843 e. The number of aryl methyl sites for hydroxylation is 3. The van der Waals surface area contributed by atoms with E-state index >= 15 is 0 Å². The molecular formula is C11H16BrN5. The third-order valence-electron chi connectivity index (χ3n) is 3.00. The van der Waals surface area contributed by atoms with Crippen LogP contribution >= 0.6 is 15.9 Å². The van der Waals surface area contributed by atoms with Crippen molar-refractivity contribution in [2.24, 2.45) is 7.05 Å². The summed E-state index contributed by atoms with van der Waals surface area (Å²) in [6.07, 6.45) is 0. The number of aromatic nitrogens is 4. The highest BCUT2D eigenvalue weighted by Gasteiger charge is 2.14. The van der Waals surface area contributed by atoms with Gasteiger partial charge in [0.2, 0.25) is 0 Å². The molecule has 0 aliphatic carbocycles. The lowest BCUT2D eigenvalue weighted by Crippen LogP contribution is -2.09. The molecule has 92 valence electrons. The van der Waals surface area contributed by atoms with Gasteiger partial charge in [0.1, 0.15) is 0 Å². The Morgan fingerprint density at radius 3 is 2.24 bits per heavy atom. The van der Waals surface area contributed by atoms with Gasteiger partial charge in [0.25, 0.3) is 0 Å². The van der Waals surface area contributed by atoms with Gasteiger partial charge in [-0.15, -0.1) is 0 Å². The molecule has 0 spiro atoms. The van der Waals surface area contributed by atoms with E-state index in [1.165, 1.54) is 0 Å². The molecule has 17 heavy (non-hydrogen) atoms. The average Bonchev–Trinajstić information content (AvgIpc) is 2.65. The zero-order valence-electron chi connectivity index (χ0n) is 10.5. The molecule has 2 N–H and O–H groups in total. The third kappa shape index (κ3) is 1.97. The molecule has 0 unspecified atom stereocenters. The topological polar surface area (TPSA) is 61.7 Å². The lowest BCUT2D eigenvalue weighted by Gasteiger charge is -2.05. The zero-order valence-corrected chi connectivity index (χ0v) is 12.0. The van der Waals surface area contributed by atoms with Gasteiger partial charge < -0.3 is 5.73 Å². The first kappa shape index (κ1) is 12.2. The van der Waals surface area contributed by atoms with E-state index in [-0.39, 0.29) is 0 Å². The van der Waals surface area contributed by atoms with E-state index in [0.717, 1.165) is 32.9 Å². The Kier molecular flexibility index (Phi) is 2.99. The maximum atomic E-state index is 5.92. The molecule has 6 heteroatoms. The molecule has 2 aromatic rings. The molecule has 2 aromatic heterocycles. The van der Waals surface area contributed by atoms with E-state index in [4.69, 9.17) is 5.73 Å². The van der Waals surface area contributed by atoms with Crippen LogP contribution in [0.5, 0.6) is 0 Å². The summed E-state index contributed by atoms with van der Waals surface area (Å²) in [5.41, 5.74) is 10.6. The van der Waals surface area contributed by atoms with Gasteiger partial charge in [0, 0.05) is 7.05 Å². The highest BCUT2D eigenvalue weighted by molar-refractivity contribution is 9.10. The van der Waals surface area contributed by atoms with Gasteiger partial charge in [-0.05, 0) is 36.7 Å². The Morgan fingerprint density at radius 2 is 1.82 bits per heavy atom. The molecule has 5 nitrogen and oxygen atoms in total. The van der Waals surface area contributed by atoms with E-state index in [2.05, 4.69) is 26.1 Å². The number of rotatable bonds is 2. The van der Waals surface area contributed by atoms with Crippen LogP contribution < -0.4 is 5.73 Å². The van der Waals surface area contributed by atoms with Crippen molar-refractivity contribution in [1.29, 1.82) is 0 Å². The highest BCUT2D eigenvalue weighted by Crippen LogP contribution is 2.23. The van der Waals surface area contributed by atoms with Gasteiger partial charge in [-0.25, -0.2) is 0 Å². The van der Waals surface area contributed by atoms with Crippen LogP contribution in [0, 0.1) is 20.8 Å². The number of nitrogens with zero attached hydrogens (tertiary/aromatic N) is 4. The van der Waals surface area contributed by atoms with Crippen LogP contribution in [-0.2, 0) is 13.6 Å². The van der Waals surface area contributed by atoms with Crippen molar-refractivity contribution in [2.45, 2.75) is 27.3 Å². The maximum absolute atomic E-state index is 5.92. The SMILES string of the molecule is Cc1nn(Cc2c(Br)c(C)nn2C)c(C)c1N. The summed E-state index contributed by atoms with van der Waals surface area (Å²) in [7, 11) is 1.93. The average molecular weight is 298 g/mol. The number of halogens is 1. The minimum absolute atomic E-state index is 0.668. The molecule has 0 atom stereocenters. The van der Waals surface area contributed by atoms with Crippen molar-refractivity contribution in [3.63, 3.8) is 0 Å². The lowest BCUT2D eigenvalue weighted by molar-refractivity contribution is 0.602. The Bertz CT molecular complexity index is 567. The fraction of sp³-hybridized carbons (Fsp3) is 0.455. The molecule has 0 radical (unpaired) electrons. The van der Waals surface area contributed by atoms with Crippen LogP contribution in [0.3, 0.4) is 0 Å². The highest BCUT2D eigenvalue weighted by atomic mass is 79.9. The second-order valence-electron chi connectivity index (χ2n) is 4.21. The molecule has 0 aliphatic rings. The molecule has 0 fully saturated rings. The number of nitrogen functional groups attached to an aromatic ring is 1. The van der Waals surface area contributed by atoms with Crippen molar-refractivity contribution < 1.29 is 0 Å². The van der Waals surface area contributed by atoms with E-state index in [0.29, 0.717) is 6.54 Å². The normalized spacial score (nSPS) is 11.1. The van der Waals surface area contributed by atoms with Crippen molar-refractivity contribution in [3.05, 3.63) is 27.2 Å². The third-order valence-corrected chi connectivity index (χ3v) is 4.03. The number of anilines is 1. The number of nitrogens with two attached hydrogens (primary N) is 1. The molecule has 0 aromatic carbocycles. The largest absolute Gasteiger partial charge is 0.396 e. The van der Waals surface area contributed by atoms with E-state index in [1.54, 1.807) is 0 Å². The minimum atomic E-state index is 0.668. The molecule has 0 amide bonds. The Morgan fingerprint density at radius 1 is 1.18 bits per heavy atom. The summed E-state index contributed by atoms with van der Waals surface area (Å²) in [6.45, 7) is 6.54. The van der Waals surface area contributed by atoms with Gasteiger partial charge in [-0.1, -0.05) is 0 Å². The van der Waals surface area contributed by atoms with Gasteiger partial charge in [-0.3, -0.25) is 9.36 Å². The first-order valence-corrected chi connectivity index (χ1v) is 6.18. The van der Waals surface area contributed by atoms with E-state index in [1.807, 2.05) is 37.2 Å². The van der Waals surface area contributed by atoms with Crippen LogP contribution in [0.15, 0.2) is 4.47 Å². The van der Waals surface area contributed by atoms with Gasteiger partial charge >= 0.3 is 0 Å². The predicted octanol–water partition coefficient (Wildman–Crippen LogP) is 1.93. The Balaban J connectivity index is 2.41. The van der Waals surface area contributed by atoms with Crippen molar-refractivity contribution in [2.75, 3.05) is 5.73 Å². The van der Waals surface area contributed by atoms with Gasteiger partial charge in [0.05, 0.1) is 39.5 Å². The molecule has 0 saturated heterocycles. The molecule has 0 aliphatic heterocycles. The van der Waals surface area contributed by atoms with Crippen LogP contribution in [0.25, 0.3) is 0 Å². The summed E-state index contributed by atoms with van der Waals surface area (Å²) >= 11 is 3.55. The lowest BCUT2D eigenvalue weighted by atomic mass is 10.3. The predicted molar refractivity (Wildman–Crippen MR) is 70.9 cm³/mol. The number of hydrogen-bond acceptors (Lipinski definition) is 3. The standard InChI is InChI=1S/C11H16BrN5/c1-6-10(12)9(16(4)14-6)5-17-8(3)11(13)7(2)15-17/h5,13H2,1-4H3. The summed E-state index contributed by atoms with van der Waals surface area (Å²) in [5, 5.41) is 8.79. The summed E-state index contributed by atoms with van der Waals surface area (Å²) in [4.78, 5) is 0. The van der Waals surface area contributed by atoms with Crippen molar-refractivity contribution in [1.82, 2.24) is 19.6 Å². The monoisotopic (exact) mass is 297 g/mol. The van der Waals surface area contributed by atoms with Crippen molar-refractivity contribution in [3.8, 4) is 0 Å². The van der Waals surface area contributed by atoms with Crippen LogP contribution in [0.1, 0.15) is 22.8 Å². The smallest absolute Gasteiger partial charge is 0.0843 e. The molecule has 2 heterocycles. The molecule has 0 bridgehead atoms. The summed E-state index contributed by atoms with van der Waals surface area (Å²) < 4.78 is 4.81. The zero-order chi connectivity index (χ0) is 12.7. The second kappa shape index (κ2) is 4.18. The molecule has 2 rings (SSSR count). The van der Waals surface area contributed by atoms with E-state index < -0.39 is 0 Å². The quantitative estimate of drug-likeness (QED) is 0.921. The second-order valence-corrected chi connectivity index (χ2v) is 5.00. The van der Waals surface area contributed by atoms with Crippen LogP contribution in [0.2, 0.25) is 0 Å². The minimum Gasteiger partial charge on any atom is -0.396 e. The Labute approximate surface area is 109 Å². The fourth-order valence-corrected chi connectivity index (χ4v) is 2.32. The van der Waals surface area contributed by atoms with Crippen LogP contribution in [-0.4, -0.2) is 19.6 Å². The first-order valence-electron chi connectivity index (χ1n) is 5.39. The van der Waals surface area contributed by atoms with Gasteiger partial charge in [-0.2, -0.15) is 10.2 Å². The van der Waals surface area contributed by atoms with Gasteiger partial charge in [0.15, 0.2) is 0 Å². The van der Waals surface area contributed by atoms with Crippen molar-refractivity contribution >= 4 is 21.6 Å². The molecule has 0 saturated carbocycles. The summed E-state index contributed by atoms with van der Waals surface area (Å²) in [5.74, 6) is 0.